The summed E-state index contributed by atoms with van der Waals surface area (Å²) in [5.74, 6) is -0.105. The van der Waals surface area contributed by atoms with Crippen LogP contribution >= 0.6 is 0 Å². The molecule has 1 aliphatic heterocycles. The Kier molecular flexibility index (Phi) is 4.70. The van der Waals surface area contributed by atoms with Gasteiger partial charge in [-0.1, -0.05) is 24.3 Å². The lowest BCUT2D eigenvalue weighted by Crippen LogP contribution is -2.35. The highest BCUT2D eigenvalue weighted by molar-refractivity contribution is 6.08. The molecule has 6 heteroatoms. The van der Waals surface area contributed by atoms with Gasteiger partial charge < -0.3 is 14.6 Å². The summed E-state index contributed by atoms with van der Waals surface area (Å²) in [7, 11) is 0. The second kappa shape index (κ2) is 7.20. The third-order valence-corrected chi connectivity index (χ3v) is 5.29. The molecule has 29 heavy (non-hydrogen) atoms. The van der Waals surface area contributed by atoms with Gasteiger partial charge in [-0.2, -0.15) is 0 Å². The van der Waals surface area contributed by atoms with Gasteiger partial charge in [0.25, 0.3) is 5.91 Å². The maximum Gasteiger partial charge on any atom is 0.251 e. The highest BCUT2D eigenvalue weighted by atomic mass is 19.1. The predicted molar refractivity (Wildman–Crippen MR) is 107 cm³/mol. The molecular formula is C23H21FN2O3. The Morgan fingerprint density at radius 2 is 1.93 bits per heavy atom. The molecule has 0 fully saturated rings. The number of rotatable bonds is 5. The number of amides is 2. The van der Waals surface area contributed by atoms with Crippen LogP contribution in [0.15, 0.2) is 65.3 Å². The van der Waals surface area contributed by atoms with E-state index in [4.69, 9.17) is 4.42 Å². The topological polar surface area (TPSA) is 62.6 Å². The van der Waals surface area contributed by atoms with E-state index >= 15 is 0 Å². The molecule has 0 atom stereocenters. The van der Waals surface area contributed by atoms with Crippen LogP contribution < -0.4 is 10.2 Å². The fourth-order valence-corrected chi connectivity index (χ4v) is 3.62. The van der Waals surface area contributed by atoms with Crippen molar-refractivity contribution in [3.8, 4) is 0 Å². The fraction of sp³-hybridized carbons (Fsp3) is 0.217. The average molecular weight is 392 g/mol. The number of furan rings is 1. The smallest absolute Gasteiger partial charge is 0.251 e. The van der Waals surface area contributed by atoms with Crippen molar-refractivity contribution in [3.63, 3.8) is 0 Å². The monoisotopic (exact) mass is 392 g/mol. The lowest BCUT2D eigenvalue weighted by Gasteiger charge is -2.20. The first-order valence-corrected chi connectivity index (χ1v) is 9.38. The van der Waals surface area contributed by atoms with Crippen LogP contribution in [0.25, 0.3) is 0 Å². The number of fused-ring (bicyclic) bond motifs is 1. The molecule has 4 rings (SSSR count). The van der Waals surface area contributed by atoms with Gasteiger partial charge in [-0.3, -0.25) is 9.59 Å². The number of hydrogen-bond donors (Lipinski definition) is 1. The van der Waals surface area contributed by atoms with Gasteiger partial charge in [0.2, 0.25) is 5.91 Å². The van der Waals surface area contributed by atoms with Crippen molar-refractivity contribution in [1.82, 2.24) is 5.32 Å². The number of carbonyl (C=O) groups excluding carboxylic acids is 2. The standard InChI is InChI=1S/C23H21FN2O3/c1-23(2)18-10-9-15(21(27)25-13-17-7-5-11-29-17)12-20(18)26(22(23)28)14-16-6-3-4-8-19(16)24/h3-12H,13-14H2,1-2H3,(H,25,27). The lowest BCUT2D eigenvalue weighted by atomic mass is 9.86. The fourth-order valence-electron chi connectivity index (χ4n) is 3.62. The van der Waals surface area contributed by atoms with E-state index in [1.165, 1.54) is 6.07 Å². The van der Waals surface area contributed by atoms with Crippen LogP contribution in [0.5, 0.6) is 0 Å². The number of anilines is 1. The maximum atomic E-state index is 14.2. The quantitative estimate of drug-likeness (QED) is 0.709. The number of hydrogen-bond acceptors (Lipinski definition) is 3. The van der Waals surface area contributed by atoms with Crippen molar-refractivity contribution in [2.75, 3.05) is 4.90 Å². The van der Waals surface area contributed by atoms with Crippen LogP contribution in [-0.2, 0) is 23.3 Å². The first-order chi connectivity index (χ1) is 13.9. The summed E-state index contributed by atoms with van der Waals surface area (Å²) in [6.45, 7) is 4.06. The zero-order valence-corrected chi connectivity index (χ0v) is 16.2. The molecule has 148 valence electrons. The number of benzene rings is 2. The predicted octanol–water partition coefficient (Wildman–Crippen LogP) is 4.17. The molecule has 0 unspecified atom stereocenters. The van der Waals surface area contributed by atoms with E-state index in [1.54, 1.807) is 59.7 Å². The van der Waals surface area contributed by atoms with Crippen LogP contribution in [0, 0.1) is 5.82 Å². The first kappa shape index (κ1) is 18.9. The Morgan fingerprint density at radius 3 is 2.66 bits per heavy atom. The molecule has 1 aliphatic rings. The van der Waals surface area contributed by atoms with E-state index in [9.17, 15) is 14.0 Å². The molecular weight excluding hydrogens is 371 g/mol. The Labute approximate surface area is 168 Å². The molecule has 0 spiro atoms. The largest absolute Gasteiger partial charge is 0.467 e. The summed E-state index contributed by atoms with van der Waals surface area (Å²) in [4.78, 5) is 27.2. The third-order valence-electron chi connectivity index (χ3n) is 5.29. The van der Waals surface area contributed by atoms with Crippen molar-refractivity contribution in [1.29, 1.82) is 0 Å². The normalized spacial score (nSPS) is 14.7. The van der Waals surface area contributed by atoms with Gasteiger partial charge in [0.05, 0.1) is 24.8 Å². The number of nitrogens with one attached hydrogen (secondary N) is 1. The Morgan fingerprint density at radius 1 is 1.14 bits per heavy atom. The minimum atomic E-state index is -0.746. The summed E-state index contributed by atoms with van der Waals surface area (Å²) in [6.07, 6.45) is 1.55. The number of carbonyl (C=O) groups is 2. The molecule has 0 saturated heterocycles. The number of nitrogens with zero attached hydrogens (tertiary/aromatic N) is 1. The summed E-state index contributed by atoms with van der Waals surface area (Å²) >= 11 is 0. The Balaban J connectivity index is 1.63. The van der Waals surface area contributed by atoms with Crippen molar-refractivity contribution in [2.24, 2.45) is 0 Å². The number of halogens is 1. The van der Waals surface area contributed by atoms with Crippen LogP contribution in [0.2, 0.25) is 0 Å². The molecule has 0 aliphatic carbocycles. The van der Waals surface area contributed by atoms with Crippen LogP contribution in [0.3, 0.4) is 0 Å². The van der Waals surface area contributed by atoms with Gasteiger partial charge in [-0.25, -0.2) is 4.39 Å². The van der Waals surface area contributed by atoms with Gasteiger partial charge in [0, 0.05) is 16.8 Å². The molecule has 0 saturated carbocycles. The summed E-state index contributed by atoms with van der Waals surface area (Å²) < 4.78 is 19.4. The van der Waals surface area contributed by atoms with Gasteiger partial charge in [0.1, 0.15) is 11.6 Å². The summed E-state index contributed by atoms with van der Waals surface area (Å²) in [5.41, 5.74) is 1.57. The maximum absolute atomic E-state index is 14.2. The summed E-state index contributed by atoms with van der Waals surface area (Å²) in [6, 6.07) is 15.1. The van der Waals surface area contributed by atoms with E-state index in [-0.39, 0.29) is 30.7 Å². The van der Waals surface area contributed by atoms with Crippen LogP contribution in [0.4, 0.5) is 10.1 Å². The zero-order chi connectivity index (χ0) is 20.6. The summed E-state index contributed by atoms with van der Waals surface area (Å²) in [5, 5.41) is 2.80. The van der Waals surface area contributed by atoms with Crippen molar-refractivity contribution >= 4 is 17.5 Å². The third kappa shape index (κ3) is 3.42. The Hall–Kier alpha value is -3.41. The van der Waals surface area contributed by atoms with Crippen molar-refractivity contribution < 1.29 is 18.4 Å². The molecule has 1 N–H and O–H groups in total. The van der Waals surface area contributed by atoms with Gasteiger partial charge in [0.15, 0.2) is 0 Å². The molecule has 0 bridgehead atoms. The van der Waals surface area contributed by atoms with E-state index < -0.39 is 5.41 Å². The van der Waals surface area contributed by atoms with Crippen molar-refractivity contribution in [2.45, 2.75) is 32.4 Å². The van der Waals surface area contributed by atoms with Crippen molar-refractivity contribution in [3.05, 3.63) is 89.1 Å². The highest BCUT2D eigenvalue weighted by Gasteiger charge is 2.44. The lowest BCUT2D eigenvalue weighted by molar-refractivity contribution is -0.122. The second-order valence-corrected chi connectivity index (χ2v) is 7.60. The first-order valence-electron chi connectivity index (χ1n) is 9.38. The minimum absolute atomic E-state index is 0.111. The van der Waals surface area contributed by atoms with Crippen LogP contribution in [-0.4, -0.2) is 11.8 Å². The SMILES string of the molecule is CC1(C)C(=O)N(Cc2ccccc2F)c2cc(C(=O)NCc3ccco3)ccc21. The van der Waals surface area contributed by atoms with Gasteiger partial charge >= 0.3 is 0 Å². The zero-order valence-electron chi connectivity index (χ0n) is 16.2. The molecule has 2 amide bonds. The van der Waals surface area contributed by atoms with E-state index in [1.807, 2.05) is 13.8 Å². The molecule has 2 heterocycles. The molecule has 0 radical (unpaired) electrons. The average Bonchev–Trinajstić information content (AvgIpc) is 3.29. The van der Waals surface area contributed by atoms with E-state index in [0.29, 0.717) is 22.6 Å². The van der Waals surface area contributed by atoms with Crippen LogP contribution in [0.1, 0.15) is 41.1 Å². The van der Waals surface area contributed by atoms with Gasteiger partial charge in [-0.05, 0) is 49.7 Å². The molecule has 1 aromatic heterocycles. The Bertz CT molecular complexity index is 1070. The molecule has 2 aromatic carbocycles. The highest BCUT2D eigenvalue weighted by Crippen LogP contribution is 2.42. The van der Waals surface area contributed by atoms with Gasteiger partial charge in [-0.15, -0.1) is 0 Å². The molecule has 3 aromatic rings. The minimum Gasteiger partial charge on any atom is -0.467 e. The van der Waals surface area contributed by atoms with E-state index in [0.717, 1.165) is 5.56 Å². The second-order valence-electron chi connectivity index (χ2n) is 7.60. The van der Waals surface area contributed by atoms with E-state index in [2.05, 4.69) is 5.32 Å². The molecule has 5 nitrogen and oxygen atoms in total.